The topological polar surface area (TPSA) is 131 Å². The van der Waals surface area contributed by atoms with Gasteiger partial charge in [-0.2, -0.15) is 0 Å². The molecule has 1 aromatic rings. The Balaban J connectivity index is 2.42. The SMILES string of the molecule is C[C@]1(CO)O[C@@H](n2ccnc(N)c2=O)[C@H](O)[C@@H]1O. The standard InChI is InChI=1S/C10H15N3O5/c1-10(4-14)6(16)5(15)9(18-10)13-3-2-12-7(11)8(13)17/h2-3,5-6,9,14-16H,4H2,1H3,(H2,11,12)/t5-,6+,9-,10-/m1/s1. The highest BCUT2D eigenvalue weighted by Gasteiger charge is 2.51. The number of hydrogen-bond donors (Lipinski definition) is 4. The van der Waals surface area contributed by atoms with Crippen LogP contribution in [-0.2, 0) is 4.74 Å². The number of aromatic nitrogens is 2. The molecule has 0 amide bonds. The molecule has 4 atom stereocenters. The molecule has 0 spiro atoms. The summed E-state index contributed by atoms with van der Waals surface area (Å²) in [6, 6.07) is 0. The van der Waals surface area contributed by atoms with Gasteiger partial charge in [0.2, 0.25) is 0 Å². The van der Waals surface area contributed by atoms with Gasteiger partial charge in [-0.05, 0) is 6.92 Å². The predicted octanol–water partition coefficient (Wildman–Crippen LogP) is -2.17. The lowest BCUT2D eigenvalue weighted by atomic mass is 9.99. The minimum Gasteiger partial charge on any atom is -0.393 e. The lowest BCUT2D eigenvalue weighted by Gasteiger charge is -2.24. The van der Waals surface area contributed by atoms with Crippen molar-refractivity contribution in [2.75, 3.05) is 12.3 Å². The predicted molar refractivity (Wildman–Crippen MR) is 60.5 cm³/mol. The van der Waals surface area contributed by atoms with Gasteiger partial charge in [0.15, 0.2) is 12.0 Å². The summed E-state index contributed by atoms with van der Waals surface area (Å²) in [6.07, 6.45) is -1.19. The third-order valence-electron chi connectivity index (χ3n) is 3.11. The van der Waals surface area contributed by atoms with Gasteiger partial charge in [-0.3, -0.25) is 9.36 Å². The first-order valence-corrected chi connectivity index (χ1v) is 5.38. The van der Waals surface area contributed by atoms with E-state index >= 15 is 0 Å². The molecule has 0 unspecified atom stereocenters. The number of aliphatic hydroxyl groups is 3. The normalized spacial score (nSPS) is 35.9. The number of nitrogen functional groups attached to an aromatic ring is 1. The van der Waals surface area contributed by atoms with E-state index < -0.39 is 36.2 Å². The van der Waals surface area contributed by atoms with Gasteiger partial charge in [-0.15, -0.1) is 0 Å². The van der Waals surface area contributed by atoms with Crippen LogP contribution in [0.1, 0.15) is 13.2 Å². The fraction of sp³-hybridized carbons (Fsp3) is 0.600. The Bertz CT molecular complexity index is 505. The van der Waals surface area contributed by atoms with Crippen LogP contribution in [0.3, 0.4) is 0 Å². The van der Waals surface area contributed by atoms with E-state index in [0.29, 0.717) is 0 Å². The van der Waals surface area contributed by atoms with E-state index in [-0.39, 0.29) is 5.82 Å². The largest absolute Gasteiger partial charge is 0.393 e. The molecule has 5 N–H and O–H groups in total. The molecule has 0 aromatic carbocycles. The molecule has 1 saturated heterocycles. The second-order valence-electron chi connectivity index (χ2n) is 4.44. The van der Waals surface area contributed by atoms with Crippen molar-refractivity contribution >= 4 is 5.82 Å². The number of nitrogens with zero attached hydrogens (tertiary/aromatic N) is 2. The van der Waals surface area contributed by atoms with E-state index in [1.54, 1.807) is 0 Å². The lowest BCUT2D eigenvalue weighted by molar-refractivity contribution is -0.117. The zero-order valence-electron chi connectivity index (χ0n) is 9.72. The third kappa shape index (κ3) is 1.79. The Morgan fingerprint density at radius 2 is 2.28 bits per heavy atom. The van der Waals surface area contributed by atoms with Crippen molar-refractivity contribution in [1.82, 2.24) is 9.55 Å². The molecule has 2 heterocycles. The zero-order valence-corrected chi connectivity index (χ0v) is 9.72. The van der Waals surface area contributed by atoms with Crippen molar-refractivity contribution in [3.05, 3.63) is 22.7 Å². The van der Waals surface area contributed by atoms with Gasteiger partial charge in [-0.25, -0.2) is 4.98 Å². The van der Waals surface area contributed by atoms with Gasteiger partial charge in [0, 0.05) is 12.4 Å². The van der Waals surface area contributed by atoms with Crippen LogP contribution in [-0.4, -0.2) is 49.3 Å². The van der Waals surface area contributed by atoms with Gasteiger partial charge < -0.3 is 25.8 Å². The maximum absolute atomic E-state index is 11.7. The van der Waals surface area contributed by atoms with E-state index in [4.69, 9.17) is 10.5 Å². The Morgan fingerprint density at radius 3 is 2.83 bits per heavy atom. The lowest BCUT2D eigenvalue weighted by Crippen LogP contribution is -2.43. The van der Waals surface area contributed by atoms with Crippen LogP contribution in [0, 0.1) is 0 Å². The molecule has 0 aliphatic carbocycles. The first-order chi connectivity index (χ1) is 8.40. The van der Waals surface area contributed by atoms with Crippen LogP contribution in [0.4, 0.5) is 5.82 Å². The summed E-state index contributed by atoms with van der Waals surface area (Å²) >= 11 is 0. The Morgan fingerprint density at radius 1 is 1.61 bits per heavy atom. The van der Waals surface area contributed by atoms with Crippen LogP contribution in [0.5, 0.6) is 0 Å². The van der Waals surface area contributed by atoms with Gasteiger partial charge in [0.1, 0.15) is 17.8 Å². The van der Waals surface area contributed by atoms with Gasteiger partial charge >= 0.3 is 0 Å². The van der Waals surface area contributed by atoms with Gasteiger partial charge in [0.25, 0.3) is 5.56 Å². The molecule has 0 saturated carbocycles. The molecule has 0 bridgehead atoms. The molecule has 2 rings (SSSR count). The molecule has 100 valence electrons. The summed E-state index contributed by atoms with van der Waals surface area (Å²) in [5.74, 6) is -0.236. The summed E-state index contributed by atoms with van der Waals surface area (Å²) in [6.45, 7) is 0.952. The van der Waals surface area contributed by atoms with E-state index in [2.05, 4.69) is 4.98 Å². The van der Waals surface area contributed by atoms with Crippen molar-refractivity contribution in [2.24, 2.45) is 0 Å². The number of anilines is 1. The summed E-state index contributed by atoms with van der Waals surface area (Å²) < 4.78 is 6.41. The Labute approximate surface area is 102 Å². The summed E-state index contributed by atoms with van der Waals surface area (Å²) in [4.78, 5) is 15.4. The fourth-order valence-corrected chi connectivity index (χ4v) is 1.93. The minimum atomic E-state index is -1.35. The molecule has 8 heteroatoms. The number of hydrogen-bond acceptors (Lipinski definition) is 7. The number of aliphatic hydroxyl groups excluding tert-OH is 3. The highest BCUT2D eigenvalue weighted by atomic mass is 16.6. The molecule has 1 aliphatic heterocycles. The van der Waals surface area contributed by atoms with Gasteiger partial charge in [-0.1, -0.05) is 0 Å². The quantitative estimate of drug-likeness (QED) is 0.474. The fourth-order valence-electron chi connectivity index (χ4n) is 1.93. The molecular weight excluding hydrogens is 242 g/mol. The number of nitrogens with two attached hydrogens (primary N) is 1. The Hall–Kier alpha value is -1.48. The highest BCUT2D eigenvalue weighted by molar-refractivity contribution is 5.22. The summed E-state index contributed by atoms with van der Waals surface area (Å²) in [7, 11) is 0. The molecule has 18 heavy (non-hydrogen) atoms. The molecule has 1 aliphatic rings. The maximum atomic E-state index is 11.7. The third-order valence-corrected chi connectivity index (χ3v) is 3.11. The van der Waals surface area contributed by atoms with Crippen LogP contribution >= 0.6 is 0 Å². The van der Waals surface area contributed by atoms with E-state index in [1.807, 2.05) is 0 Å². The van der Waals surface area contributed by atoms with Crippen molar-refractivity contribution < 1.29 is 20.1 Å². The van der Waals surface area contributed by atoms with Gasteiger partial charge in [0.05, 0.1) is 6.61 Å². The van der Waals surface area contributed by atoms with Crippen LogP contribution in [0.2, 0.25) is 0 Å². The average Bonchev–Trinajstić information content (AvgIpc) is 2.58. The molecule has 8 nitrogen and oxygen atoms in total. The van der Waals surface area contributed by atoms with Crippen LogP contribution < -0.4 is 11.3 Å². The van der Waals surface area contributed by atoms with E-state index in [1.165, 1.54) is 19.3 Å². The zero-order chi connectivity index (χ0) is 13.5. The monoisotopic (exact) mass is 257 g/mol. The van der Waals surface area contributed by atoms with Crippen molar-refractivity contribution in [3.8, 4) is 0 Å². The summed E-state index contributed by atoms with van der Waals surface area (Å²) in [5.41, 5.74) is 3.41. The highest BCUT2D eigenvalue weighted by Crippen LogP contribution is 2.35. The van der Waals surface area contributed by atoms with Crippen molar-refractivity contribution in [3.63, 3.8) is 0 Å². The van der Waals surface area contributed by atoms with Crippen LogP contribution in [0.25, 0.3) is 0 Å². The van der Waals surface area contributed by atoms with Crippen molar-refractivity contribution in [1.29, 1.82) is 0 Å². The molecular formula is C10H15N3O5. The second-order valence-corrected chi connectivity index (χ2v) is 4.44. The average molecular weight is 257 g/mol. The maximum Gasteiger partial charge on any atom is 0.295 e. The minimum absolute atomic E-state index is 0.236. The molecule has 0 radical (unpaired) electrons. The first-order valence-electron chi connectivity index (χ1n) is 5.38. The van der Waals surface area contributed by atoms with Crippen molar-refractivity contribution in [2.45, 2.75) is 31.0 Å². The van der Waals surface area contributed by atoms with Crippen LogP contribution in [0.15, 0.2) is 17.2 Å². The molecule has 1 aromatic heterocycles. The number of ether oxygens (including phenoxy) is 1. The number of rotatable bonds is 2. The smallest absolute Gasteiger partial charge is 0.295 e. The second kappa shape index (κ2) is 4.32. The molecule has 1 fully saturated rings. The first kappa shape index (κ1) is 13.0. The summed E-state index contributed by atoms with van der Waals surface area (Å²) in [5, 5.41) is 28.9. The van der Waals surface area contributed by atoms with E-state index in [9.17, 15) is 20.1 Å². The van der Waals surface area contributed by atoms with E-state index in [0.717, 1.165) is 4.57 Å². The Kier molecular flexibility index (Phi) is 3.11.